The Morgan fingerprint density at radius 1 is 1.41 bits per heavy atom. The Balaban J connectivity index is 2.76. The van der Waals surface area contributed by atoms with Gasteiger partial charge in [0.15, 0.2) is 0 Å². The zero-order valence-corrected chi connectivity index (χ0v) is 11.1. The third kappa shape index (κ3) is 3.56. The molecule has 0 fully saturated rings. The molecule has 0 heterocycles. The Hall–Kier alpha value is -1.35. The highest BCUT2D eigenvalue weighted by atomic mass is 16.2. The standard InChI is InChI=1S/C14H22N2O/c1-10-7-5-6-8-12(10)14(3,4)9-16-13(17)11(2)15/h5-8,11H,9,15H2,1-4H3,(H,16,17)/t11-/m0/s1. The average molecular weight is 234 g/mol. The van der Waals surface area contributed by atoms with Crippen molar-refractivity contribution in [3.8, 4) is 0 Å². The largest absolute Gasteiger partial charge is 0.354 e. The molecule has 0 bridgehead atoms. The lowest BCUT2D eigenvalue weighted by molar-refractivity contribution is -0.122. The van der Waals surface area contributed by atoms with Gasteiger partial charge in [0.1, 0.15) is 0 Å². The smallest absolute Gasteiger partial charge is 0.236 e. The van der Waals surface area contributed by atoms with Crippen molar-refractivity contribution in [2.75, 3.05) is 6.54 Å². The van der Waals surface area contributed by atoms with Crippen LogP contribution in [-0.2, 0) is 10.2 Å². The van der Waals surface area contributed by atoms with E-state index in [2.05, 4.69) is 38.2 Å². The third-order valence-electron chi connectivity index (χ3n) is 2.99. The van der Waals surface area contributed by atoms with Gasteiger partial charge < -0.3 is 11.1 Å². The van der Waals surface area contributed by atoms with E-state index in [0.717, 1.165) is 0 Å². The molecule has 0 spiro atoms. The summed E-state index contributed by atoms with van der Waals surface area (Å²) in [6.45, 7) is 8.62. The molecule has 1 rings (SSSR count). The van der Waals surface area contributed by atoms with Gasteiger partial charge in [0.25, 0.3) is 0 Å². The fourth-order valence-corrected chi connectivity index (χ4v) is 1.90. The molecule has 3 heteroatoms. The molecule has 0 radical (unpaired) electrons. The highest BCUT2D eigenvalue weighted by Crippen LogP contribution is 2.25. The second-order valence-electron chi connectivity index (χ2n) is 5.21. The van der Waals surface area contributed by atoms with Gasteiger partial charge in [-0.1, -0.05) is 38.1 Å². The molecular weight excluding hydrogens is 212 g/mol. The lowest BCUT2D eigenvalue weighted by atomic mass is 9.82. The van der Waals surface area contributed by atoms with E-state index in [0.29, 0.717) is 6.54 Å². The van der Waals surface area contributed by atoms with Crippen LogP contribution in [0.1, 0.15) is 31.9 Å². The summed E-state index contributed by atoms with van der Waals surface area (Å²) in [7, 11) is 0. The van der Waals surface area contributed by atoms with Crippen molar-refractivity contribution in [1.29, 1.82) is 0 Å². The van der Waals surface area contributed by atoms with Crippen LogP contribution in [0.3, 0.4) is 0 Å². The molecule has 1 aromatic carbocycles. The Morgan fingerprint density at radius 3 is 2.53 bits per heavy atom. The average Bonchev–Trinajstić information content (AvgIpc) is 2.26. The van der Waals surface area contributed by atoms with Gasteiger partial charge in [-0.25, -0.2) is 0 Å². The highest BCUT2D eigenvalue weighted by molar-refractivity contribution is 5.81. The fourth-order valence-electron chi connectivity index (χ4n) is 1.90. The fraction of sp³-hybridized carbons (Fsp3) is 0.500. The number of carbonyl (C=O) groups excluding carboxylic acids is 1. The van der Waals surface area contributed by atoms with Crippen molar-refractivity contribution >= 4 is 5.91 Å². The molecule has 0 unspecified atom stereocenters. The van der Waals surface area contributed by atoms with E-state index in [-0.39, 0.29) is 11.3 Å². The summed E-state index contributed by atoms with van der Waals surface area (Å²) >= 11 is 0. The quantitative estimate of drug-likeness (QED) is 0.833. The van der Waals surface area contributed by atoms with Gasteiger partial charge >= 0.3 is 0 Å². The van der Waals surface area contributed by atoms with Crippen LogP contribution in [0.15, 0.2) is 24.3 Å². The van der Waals surface area contributed by atoms with Crippen LogP contribution >= 0.6 is 0 Å². The van der Waals surface area contributed by atoms with Crippen LogP contribution in [0.4, 0.5) is 0 Å². The maximum atomic E-state index is 11.5. The van der Waals surface area contributed by atoms with E-state index >= 15 is 0 Å². The molecule has 0 aromatic heterocycles. The first-order valence-electron chi connectivity index (χ1n) is 5.94. The van der Waals surface area contributed by atoms with E-state index in [4.69, 9.17) is 5.73 Å². The first-order chi connectivity index (χ1) is 7.84. The Kier molecular flexibility index (Phi) is 4.29. The number of hydrogen-bond donors (Lipinski definition) is 2. The predicted octanol–water partition coefficient (Wildman–Crippen LogP) is 1.74. The topological polar surface area (TPSA) is 55.1 Å². The number of rotatable bonds is 4. The van der Waals surface area contributed by atoms with Gasteiger partial charge in [0, 0.05) is 12.0 Å². The molecule has 0 saturated carbocycles. The van der Waals surface area contributed by atoms with E-state index < -0.39 is 6.04 Å². The number of carbonyl (C=O) groups is 1. The van der Waals surface area contributed by atoms with Gasteiger partial charge in [-0.05, 0) is 25.0 Å². The molecule has 94 valence electrons. The summed E-state index contributed by atoms with van der Waals surface area (Å²) in [4.78, 5) is 11.5. The minimum absolute atomic E-state index is 0.0874. The summed E-state index contributed by atoms with van der Waals surface area (Å²) in [6.07, 6.45) is 0. The van der Waals surface area contributed by atoms with E-state index in [1.165, 1.54) is 11.1 Å². The number of amides is 1. The molecule has 0 saturated heterocycles. The lowest BCUT2D eigenvalue weighted by Gasteiger charge is -2.27. The van der Waals surface area contributed by atoms with Crippen LogP contribution in [0.5, 0.6) is 0 Å². The predicted molar refractivity (Wildman–Crippen MR) is 70.9 cm³/mol. The van der Waals surface area contributed by atoms with E-state index in [9.17, 15) is 4.79 Å². The third-order valence-corrected chi connectivity index (χ3v) is 2.99. The van der Waals surface area contributed by atoms with Crippen molar-refractivity contribution in [3.05, 3.63) is 35.4 Å². The van der Waals surface area contributed by atoms with Gasteiger partial charge in [-0.15, -0.1) is 0 Å². The van der Waals surface area contributed by atoms with Gasteiger partial charge in [0.2, 0.25) is 5.91 Å². The van der Waals surface area contributed by atoms with Crippen LogP contribution in [0.2, 0.25) is 0 Å². The van der Waals surface area contributed by atoms with Crippen LogP contribution in [0.25, 0.3) is 0 Å². The summed E-state index contributed by atoms with van der Waals surface area (Å²) < 4.78 is 0. The normalized spacial score (nSPS) is 13.2. The zero-order valence-electron chi connectivity index (χ0n) is 11.1. The number of aryl methyl sites for hydroxylation is 1. The number of benzene rings is 1. The highest BCUT2D eigenvalue weighted by Gasteiger charge is 2.23. The molecule has 1 aromatic rings. The van der Waals surface area contributed by atoms with E-state index in [1.807, 2.05) is 12.1 Å². The summed E-state index contributed by atoms with van der Waals surface area (Å²) in [5.74, 6) is -0.105. The second kappa shape index (κ2) is 5.32. The first kappa shape index (κ1) is 13.7. The number of nitrogens with one attached hydrogen (secondary N) is 1. The van der Waals surface area contributed by atoms with Crippen LogP contribution in [-0.4, -0.2) is 18.5 Å². The summed E-state index contributed by atoms with van der Waals surface area (Å²) in [5.41, 5.74) is 7.93. The monoisotopic (exact) mass is 234 g/mol. The van der Waals surface area contributed by atoms with E-state index in [1.54, 1.807) is 6.92 Å². The Bertz CT molecular complexity index is 397. The minimum atomic E-state index is -0.456. The molecule has 1 atom stereocenters. The van der Waals surface area contributed by atoms with Crippen molar-refractivity contribution in [1.82, 2.24) is 5.32 Å². The van der Waals surface area contributed by atoms with Crippen molar-refractivity contribution in [2.24, 2.45) is 5.73 Å². The van der Waals surface area contributed by atoms with Gasteiger partial charge in [0.05, 0.1) is 6.04 Å². The molecule has 0 aliphatic rings. The maximum absolute atomic E-state index is 11.5. The summed E-state index contributed by atoms with van der Waals surface area (Å²) in [6, 6.07) is 7.78. The van der Waals surface area contributed by atoms with Crippen molar-refractivity contribution in [2.45, 2.75) is 39.2 Å². The van der Waals surface area contributed by atoms with Gasteiger partial charge in [-0.3, -0.25) is 4.79 Å². The molecular formula is C14H22N2O. The molecule has 17 heavy (non-hydrogen) atoms. The maximum Gasteiger partial charge on any atom is 0.236 e. The molecule has 1 amide bonds. The molecule has 0 aliphatic heterocycles. The zero-order chi connectivity index (χ0) is 13.1. The first-order valence-corrected chi connectivity index (χ1v) is 5.94. The molecule has 3 nitrogen and oxygen atoms in total. The molecule has 3 N–H and O–H groups in total. The number of nitrogens with two attached hydrogens (primary N) is 1. The number of hydrogen-bond acceptors (Lipinski definition) is 2. The lowest BCUT2D eigenvalue weighted by Crippen LogP contribution is -2.44. The Labute approximate surface area is 103 Å². The van der Waals surface area contributed by atoms with Gasteiger partial charge in [-0.2, -0.15) is 0 Å². The SMILES string of the molecule is Cc1ccccc1C(C)(C)CNC(=O)[C@H](C)N. The minimum Gasteiger partial charge on any atom is -0.354 e. The van der Waals surface area contributed by atoms with Crippen molar-refractivity contribution < 1.29 is 4.79 Å². The summed E-state index contributed by atoms with van der Waals surface area (Å²) in [5, 5.41) is 2.88. The Morgan fingerprint density at radius 2 is 2.00 bits per heavy atom. The van der Waals surface area contributed by atoms with Crippen molar-refractivity contribution in [3.63, 3.8) is 0 Å². The van der Waals surface area contributed by atoms with Crippen LogP contribution in [0, 0.1) is 6.92 Å². The molecule has 0 aliphatic carbocycles. The second-order valence-corrected chi connectivity index (χ2v) is 5.21. The van der Waals surface area contributed by atoms with Crippen LogP contribution < -0.4 is 11.1 Å².